The van der Waals surface area contributed by atoms with Gasteiger partial charge in [-0.2, -0.15) is 0 Å². The lowest BCUT2D eigenvalue weighted by molar-refractivity contribution is -0.0533. The Balaban J connectivity index is 1.93. The van der Waals surface area contributed by atoms with Crippen LogP contribution < -0.4 is 5.32 Å². The summed E-state index contributed by atoms with van der Waals surface area (Å²) in [7, 11) is 2.03. The molecule has 1 aliphatic heterocycles. The van der Waals surface area contributed by atoms with Gasteiger partial charge in [-0.15, -0.1) is 0 Å². The average Bonchev–Trinajstić information content (AvgIpc) is 2.47. The molecule has 2 N–H and O–H groups in total. The standard InChI is InChI=1S/C17H28N2O2/c1-13-8-14(2)10-15(9-13)17(18-3)4-5-19-6-7-21-16(11-19)12-20/h8-10,16-18,20H,4-7,11-12H2,1-3H3. The Bertz CT molecular complexity index is 430. The van der Waals surface area contributed by atoms with E-state index in [0.717, 1.165) is 32.7 Å². The number of aliphatic hydroxyl groups is 1. The topological polar surface area (TPSA) is 44.7 Å². The van der Waals surface area contributed by atoms with Gasteiger partial charge in [0, 0.05) is 25.7 Å². The maximum atomic E-state index is 9.21. The second-order valence-corrected chi connectivity index (χ2v) is 6.03. The molecular weight excluding hydrogens is 264 g/mol. The number of nitrogens with zero attached hydrogens (tertiary/aromatic N) is 1. The van der Waals surface area contributed by atoms with E-state index in [0.29, 0.717) is 6.04 Å². The number of hydrogen-bond acceptors (Lipinski definition) is 4. The molecule has 0 aliphatic carbocycles. The molecule has 1 saturated heterocycles. The number of aryl methyl sites for hydroxylation is 2. The van der Waals surface area contributed by atoms with Gasteiger partial charge in [-0.05, 0) is 32.9 Å². The lowest BCUT2D eigenvalue weighted by Gasteiger charge is -2.33. The van der Waals surface area contributed by atoms with Crippen LogP contribution in [0.1, 0.15) is 29.2 Å². The molecule has 1 heterocycles. The number of rotatable bonds is 6. The summed E-state index contributed by atoms with van der Waals surface area (Å²) in [6.45, 7) is 7.95. The van der Waals surface area contributed by atoms with Gasteiger partial charge in [-0.25, -0.2) is 0 Å². The van der Waals surface area contributed by atoms with E-state index in [1.165, 1.54) is 16.7 Å². The van der Waals surface area contributed by atoms with Crippen LogP contribution in [0.4, 0.5) is 0 Å². The highest BCUT2D eigenvalue weighted by molar-refractivity contribution is 5.30. The third-order valence-corrected chi connectivity index (χ3v) is 4.16. The molecule has 0 bridgehead atoms. The monoisotopic (exact) mass is 292 g/mol. The van der Waals surface area contributed by atoms with Crippen molar-refractivity contribution < 1.29 is 9.84 Å². The number of aliphatic hydroxyl groups excluding tert-OH is 1. The minimum Gasteiger partial charge on any atom is -0.394 e. The summed E-state index contributed by atoms with van der Waals surface area (Å²) in [6, 6.07) is 7.12. The van der Waals surface area contributed by atoms with Crippen molar-refractivity contribution in [1.82, 2.24) is 10.2 Å². The molecule has 0 amide bonds. The van der Waals surface area contributed by atoms with Crippen molar-refractivity contribution in [3.8, 4) is 0 Å². The molecule has 1 aliphatic rings. The Morgan fingerprint density at radius 1 is 1.33 bits per heavy atom. The van der Waals surface area contributed by atoms with Crippen molar-refractivity contribution >= 4 is 0 Å². The van der Waals surface area contributed by atoms with Gasteiger partial charge < -0.3 is 15.2 Å². The van der Waals surface area contributed by atoms with E-state index in [1.807, 2.05) is 7.05 Å². The summed E-state index contributed by atoms with van der Waals surface area (Å²) < 4.78 is 5.50. The van der Waals surface area contributed by atoms with Gasteiger partial charge in [0.2, 0.25) is 0 Å². The molecule has 4 heteroatoms. The molecule has 118 valence electrons. The lowest BCUT2D eigenvalue weighted by atomic mass is 9.99. The van der Waals surface area contributed by atoms with Crippen LogP contribution in [-0.2, 0) is 4.74 Å². The predicted octanol–water partition coefficient (Wildman–Crippen LogP) is 1.65. The van der Waals surface area contributed by atoms with Crippen LogP contribution >= 0.6 is 0 Å². The van der Waals surface area contributed by atoms with Crippen molar-refractivity contribution in [2.75, 3.05) is 39.9 Å². The number of benzene rings is 1. The first-order chi connectivity index (χ1) is 10.1. The minimum atomic E-state index is -0.0204. The fourth-order valence-corrected chi connectivity index (χ4v) is 3.09. The maximum Gasteiger partial charge on any atom is 0.0932 e. The molecule has 0 aromatic heterocycles. The molecule has 21 heavy (non-hydrogen) atoms. The highest BCUT2D eigenvalue weighted by atomic mass is 16.5. The number of hydrogen-bond donors (Lipinski definition) is 2. The fraction of sp³-hybridized carbons (Fsp3) is 0.647. The van der Waals surface area contributed by atoms with Gasteiger partial charge in [-0.1, -0.05) is 29.3 Å². The molecule has 0 saturated carbocycles. The van der Waals surface area contributed by atoms with Crippen molar-refractivity contribution in [2.45, 2.75) is 32.4 Å². The largest absolute Gasteiger partial charge is 0.394 e. The van der Waals surface area contributed by atoms with E-state index in [2.05, 4.69) is 42.3 Å². The summed E-state index contributed by atoms with van der Waals surface area (Å²) in [5.41, 5.74) is 4.00. The van der Waals surface area contributed by atoms with Crippen LogP contribution in [0.25, 0.3) is 0 Å². The Kier molecular flexibility index (Phi) is 6.18. The second kappa shape index (κ2) is 7.90. The molecule has 1 aromatic carbocycles. The van der Waals surface area contributed by atoms with Gasteiger partial charge in [0.15, 0.2) is 0 Å². The first-order valence-corrected chi connectivity index (χ1v) is 7.82. The summed E-state index contributed by atoms with van der Waals surface area (Å²) in [4.78, 5) is 2.39. The van der Waals surface area contributed by atoms with Crippen molar-refractivity contribution in [2.24, 2.45) is 0 Å². The van der Waals surface area contributed by atoms with Gasteiger partial charge in [0.25, 0.3) is 0 Å². The number of ether oxygens (including phenoxy) is 1. The van der Waals surface area contributed by atoms with Crippen LogP contribution in [0, 0.1) is 13.8 Å². The van der Waals surface area contributed by atoms with Crippen LogP contribution in [0.2, 0.25) is 0 Å². The van der Waals surface area contributed by atoms with E-state index in [-0.39, 0.29) is 12.7 Å². The van der Waals surface area contributed by atoms with Gasteiger partial charge in [0.1, 0.15) is 0 Å². The summed E-state index contributed by atoms with van der Waals surface area (Å²) in [6.07, 6.45) is 1.05. The first kappa shape index (κ1) is 16.4. The molecular formula is C17H28N2O2. The molecule has 0 radical (unpaired) electrons. The van der Waals surface area contributed by atoms with Crippen LogP contribution in [0.5, 0.6) is 0 Å². The normalized spacial score (nSPS) is 21.4. The van der Waals surface area contributed by atoms with Crippen molar-refractivity contribution in [3.63, 3.8) is 0 Å². The first-order valence-electron chi connectivity index (χ1n) is 7.82. The van der Waals surface area contributed by atoms with Crippen molar-refractivity contribution in [3.05, 3.63) is 34.9 Å². The van der Waals surface area contributed by atoms with Crippen LogP contribution in [-0.4, -0.2) is 56.0 Å². The minimum absolute atomic E-state index is 0.0204. The molecule has 4 nitrogen and oxygen atoms in total. The highest BCUT2D eigenvalue weighted by Gasteiger charge is 2.20. The zero-order valence-electron chi connectivity index (χ0n) is 13.4. The fourth-order valence-electron chi connectivity index (χ4n) is 3.09. The highest BCUT2D eigenvalue weighted by Crippen LogP contribution is 2.20. The molecule has 1 fully saturated rings. The number of morpholine rings is 1. The quantitative estimate of drug-likeness (QED) is 0.837. The molecule has 2 atom stereocenters. The third kappa shape index (κ3) is 4.78. The zero-order valence-corrected chi connectivity index (χ0v) is 13.4. The maximum absolute atomic E-state index is 9.21. The van der Waals surface area contributed by atoms with E-state index in [9.17, 15) is 5.11 Å². The SMILES string of the molecule is CNC(CCN1CCOC(CO)C1)c1cc(C)cc(C)c1. The molecule has 0 spiro atoms. The Labute approximate surface area is 128 Å². The van der Waals surface area contributed by atoms with E-state index >= 15 is 0 Å². The zero-order chi connectivity index (χ0) is 15.2. The second-order valence-electron chi connectivity index (χ2n) is 6.03. The third-order valence-electron chi connectivity index (χ3n) is 4.16. The van der Waals surface area contributed by atoms with Crippen LogP contribution in [0.15, 0.2) is 18.2 Å². The van der Waals surface area contributed by atoms with E-state index in [1.54, 1.807) is 0 Å². The van der Waals surface area contributed by atoms with E-state index < -0.39 is 0 Å². The Hall–Kier alpha value is -0.940. The van der Waals surface area contributed by atoms with Gasteiger partial charge >= 0.3 is 0 Å². The van der Waals surface area contributed by atoms with Gasteiger partial charge in [-0.3, -0.25) is 4.90 Å². The average molecular weight is 292 g/mol. The summed E-state index contributed by atoms with van der Waals surface area (Å²) >= 11 is 0. The van der Waals surface area contributed by atoms with Gasteiger partial charge in [0.05, 0.1) is 19.3 Å². The molecule has 1 aromatic rings. The van der Waals surface area contributed by atoms with Crippen molar-refractivity contribution in [1.29, 1.82) is 0 Å². The lowest BCUT2D eigenvalue weighted by Crippen LogP contribution is -2.44. The Morgan fingerprint density at radius 2 is 2.05 bits per heavy atom. The molecule has 2 rings (SSSR count). The van der Waals surface area contributed by atoms with E-state index in [4.69, 9.17) is 4.74 Å². The van der Waals surface area contributed by atoms with Crippen LogP contribution in [0.3, 0.4) is 0 Å². The predicted molar refractivity (Wildman–Crippen MR) is 85.6 cm³/mol. The summed E-state index contributed by atoms with van der Waals surface area (Å²) in [5, 5.41) is 12.6. The number of nitrogens with one attached hydrogen (secondary N) is 1. The summed E-state index contributed by atoms with van der Waals surface area (Å²) in [5.74, 6) is 0. The smallest absolute Gasteiger partial charge is 0.0932 e. The molecule has 2 unspecified atom stereocenters. The Morgan fingerprint density at radius 3 is 2.67 bits per heavy atom.